The molecule has 0 heterocycles. The maximum atomic E-state index is 5.38. The Morgan fingerprint density at radius 2 is 2.00 bits per heavy atom. The quantitative estimate of drug-likeness (QED) is 0.589. The van der Waals surface area contributed by atoms with Crippen LogP contribution >= 0.6 is 0 Å². The molecule has 0 aromatic heterocycles. The summed E-state index contributed by atoms with van der Waals surface area (Å²) in [6.07, 6.45) is 4.55. The molecule has 0 fully saturated rings. The van der Waals surface area contributed by atoms with Gasteiger partial charge in [-0.05, 0) is 31.0 Å². The van der Waals surface area contributed by atoms with Crippen LogP contribution in [-0.2, 0) is 0 Å². The van der Waals surface area contributed by atoms with Crippen LogP contribution in [0.4, 0.5) is 0 Å². The smallest absolute Gasteiger partial charge is 0.00366 e. The SMILES string of the molecule is C=C/C(C)=C(\C=C)CCN. The van der Waals surface area contributed by atoms with Crippen molar-refractivity contribution in [2.45, 2.75) is 13.3 Å². The van der Waals surface area contributed by atoms with Gasteiger partial charge in [0, 0.05) is 0 Å². The lowest BCUT2D eigenvalue weighted by molar-refractivity contribution is 0.964. The summed E-state index contributed by atoms with van der Waals surface area (Å²) < 4.78 is 0. The highest BCUT2D eigenvalue weighted by atomic mass is 14.5. The molecule has 0 atom stereocenters. The Morgan fingerprint density at radius 3 is 2.30 bits per heavy atom. The molecule has 0 unspecified atom stereocenters. The van der Waals surface area contributed by atoms with E-state index in [-0.39, 0.29) is 0 Å². The summed E-state index contributed by atoms with van der Waals surface area (Å²) in [4.78, 5) is 0. The minimum atomic E-state index is 0.673. The van der Waals surface area contributed by atoms with Gasteiger partial charge in [-0.3, -0.25) is 0 Å². The monoisotopic (exact) mass is 137 g/mol. The van der Waals surface area contributed by atoms with E-state index in [1.54, 1.807) is 0 Å². The van der Waals surface area contributed by atoms with Gasteiger partial charge in [-0.2, -0.15) is 0 Å². The Balaban J connectivity index is 4.28. The summed E-state index contributed by atoms with van der Waals surface area (Å²) in [5, 5.41) is 0. The van der Waals surface area contributed by atoms with E-state index in [9.17, 15) is 0 Å². The largest absolute Gasteiger partial charge is 0.330 e. The maximum absolute atomic E-state index is 5.38. The minimum Gasteiger partial charge on any atom is -0.330 e. The third kappa shape index (κ3) is 2.65. The van der Waals surface area contributed by atoms with Gasteiger partial charge in [0.2, 0.25) is 0 Å². The van der Waals surface area contributed by atoms with Crippen molar-refractivity contribution in [1.82, 2.24) is 0 Å². The van der Waals surface area contributed by atoms with E-state index in [2.05, 4.69) is 13.2 Å². The normalized spacial score (nSPS) is 12.2. The maximum Gasteiger partial charge on any atom is -0.00366 e. The van der Waals surface area contributed by atoms with Crippen molar-refractivity contribution in [3.63, 3.8) is 0 Å². The lowest BCUT2D eigenvalue weighted by Crippen LogP contribution is -1.99. The van der Waals surface area contributed by atoms with E-state index < -0.39 is 0 Å². The first-order valence-corrected chi connectivity index (χ1v) is 3.41. The zero-order valence-electron chi connectivity index (χ0n) is 6.56. The number of hydrogen-bond acceptors (Lipinski definition) is 1. The first-order chi connectivity index (χ1) is 4.76. The fourth-order valence-electron chi connectivity index (χ4n) is 0.747. The van der Waals surface area contributed by atoms with Gasteiger partial charge in [0.05, 0.1) is 0 Å². The number of allylic oxidation sites excluding steroid dienone is 3. The van der Waals surface area contributed by atoms with Gasteiger partial charge in [0.15, 0.2) is 0 Å². The van der Waals surface area contributed by atoms with E-state index in [1.165, 1.54) is 11.1 Å². The van der Waals surface area contributed by atoms with E-state index in [0.717, 1.165) is 6.42 Å². The van der Waals surface area contributed by atoms with Gasteiger partial charge < -0.3 is 5.73 Å². The fourth-order valence-corrected chi connectivity index (χ4v) is 0.747. The van der Waals surface area contributed by atoms with Crippen molar-refractivity contribution in [3.8, 4) is 0 Å². The highest BCUT2D eigenvalue weighted by Crippen LogP contribution is 2.08. The van der Waals surface area contributed by atoms with Crippen molar-refractivity contribution in [3.05, 3.63) is 36.5 Å². The minimum absolute atomic E-state index is 0.673. The molecule has 0 saturated heterocycles. The second-order valence-electron chi connectivity index (χ2n) is 2.16. The molecule has 0 aromatic rings. The Hall–Kier alpha value is -0.820. The first-order valence-electron chi connectivity index (χ1n) is 3.41. The van der Waals surface area contributed by atoms with Crippen molar-refractivity contribution < 1.29 is 0 Å². The third-order valence-corrected chi connectivity index (χ3v) is 1.47. The molecule has 0 aliphatic rings. The zero-order valence-corrected chi connectivity index (χ0v) is 6.56. The predicted molar refractivity (Wildman–Crippen MR) is 46.8 cm³/mol. The molecule has 0 amide bonds. The van der Waals surface area contributed by atoms with E-state index in [1.807, 2.05) is 19.1 Å². The van der Waals surface area contributed by atoms with E-state index in [0.29, 0.717) is 6.54 Å². The summed E-state index contributed by atoms with van der Waals surface area (Å²) in [6.45, 7) is 10.0. The molecule has 0 saturated carbocycles. The fraction of sp³-hybridized carbons (Fsp3) is 0.333. The second-order valence-corrected chi connectivity index (χ2v) is 2.16. The summed E-state index contributed by atoms with van der Waals surface area (Å²) >= 11 is 0. The predicted octanol–water partition coefficient (Wildman–Crippen LogP) is 2.02. The molecule has 0 aliphatic heterocycles. The zero-order chi connectivity index (χ0) is 7.98. The van der Waals surface area contributed by atoms with Crippen molar-refractivity contribution in [2.24, 2.45) is 5.73 Å². The van der Waals surface area contributed by atoms with Crippen molar-refractivity contribution in [1.29, 1.82) is 0 Å². The molecule has 0 rings (SSSR count). The van der Waals surface area contributed by atoms with Crippen LogP contribution in [0, 0.1) is 0 Å². The average Bonchev–Trinajstić information content (AvgIpc) is 1.99. The lowest BCUT2D eigenvalue weighted by atomic mass is 10.1. The number of rotatable bonds is 4. The molecule has 2 N–H and O–H groups in total. The highest BCUT2D eigenvalue weighted by molar-refractivity contribution is 5.29. The summed E-state index contributed by atoms with van der Waals surface area (Å²) in [5.41, 5.74) is 7.74. The summed E-state index contributed by atoms with van der Waals surface area (Å²) in [7, 11) is 0. The molecule has 0 spiro atoms. The van der Waals surface area contributed by atoms with Gasteiger partial charge in [0.1, 0.15) is 0 Å². The molecule has 56 valence electrons. The van der Waals surface area contributed by atoms with Gasteiger partial charge >= 0.3 is 0 Å². The third-order valence-electron chi connectivity index (χ3n) is 1.47. The molecular weight excluding hydrogens is 122 g/mol. The molecule has 0 aromatic carbocycles. The molecule has 0 radical (unpaired) electrons. The topological polar surface area (TPSA) is 26.0 Å². The van der Waals surface area contributed by atoms with Crippen LogP contribution in [0.5, 0.6) is 0 Å². The van der Waals surface area contributed by atoms with Gasteiger partial charge in [-0.25, -0.2) is 0 Å². The van der Waals surface area contributed by atoms with E-state index in [4.69, 9.17) is 5.73 Å². The van der Waals surface area contributed by atoms with Crippen molar-refractivity contribution in [2.75, 3.05) is 6.54 Å². The number of hydrogen-bond donors (Lipinski definition) is 1. The number of nitrogens with two attached hydrogens (primary N) is 1. The van der Waals surface area contributed by atoms with Crippen LogP contribution in [0.15, 0.2) is 36.5 Å². The van der Waals surface area contributed by atoms with Crippen LogP contribution in [-0.4, -0.2) is 6.54 Å². The first kappa shape index (κ1) is 9.18. The van der Waals surface area contributed by atoms with E-state index >= 15 is 0 Å². The van der Waals surface area contributed by atoms with Crippen LogP contribution in [0.3, 0.4) is 0 Å². The average molecular weight is 137 g/mol. The summed E-state index contributed by atoms with van der Waals surface area (Å²) in [5.74, 6) is 0. The molecule has 1 nitrogen and oxygen atoms in total. The standard InChI is InChI=1S/C9H15N/c1-4-8(3)9(5-2)6-7-10/h4-5H,1-2,6-7,10H2,3H3/b9-8+. The van der Waals surface area contributed by atoms with Crippen LogP contribution < -0.4 is 5.73 Å². The Morgan fingerprint density at radius 1 is 1.40 bits per heavy atom. The molecule has 10 heavy (non-hydrogen) atoms. The van der Waals surface area contributed by atoms with Crippen LogP contribution in [0.1, 0.15) is 13.3 Å². The van der Waals surface area contributed by atoms with Gasteiger partial charge in [0.25, 0.3) is 0 Å². The molecule has 0 bridgehead atoms. The second kappa shape index (κ2) is 5.00. The summed E-state index contributed by atoms with van der Waals surface area (Å²) in [6, 6.07) is 0. The van der Waals surface area contributed by atoms with Crippen molar-refractivity contribution >= 4 is 0 Å². The van der Waals surface area contributed by atoms with Crippen LogP contribution in [0.25, 0.3) is 0 Å². The Labute approximate surface area is 62.9 Å². The highest BCUT2D eigenvalue weighted by Gasteiger charge is 1.92. The van der Waals surface area contributed by atoms with Gasteiger partial charge in [-0.15, -0.1) is 0 Å². The lowest BCUT2D eigenvalue weighted by Gasteiger charge is -2.01. The molecule has 0 aliphatic carbocycles. The molecule has 1 heteroatoms. The van der Waals surface area contributed by atoms with Crippen LogP contribution in [0.2, 0.25) is 0 Å². The Bertz CT molecular complexity index is 154. The Kier molecular flexibility index (Phi) is 4.59. The van der Waals surface area contributed by atoms with Gasteiger partial charge in [-0.1, -0.05) is 25.3 Å². The molecular formula is C9H15N.